The van der Waals surface area contributed by atoms with Gasteiger partial charge in [-0.2, -0.15) is 0 Å². The van der Waals surface area contributed by atoms with Crippen LogP contribution >= 0.6 is 0 Å². The minimum absolute atomic E-state index is 0.00167. The summed E-state index contributed by atoms with van der Waals surface area (Å²) in [6.07, 6.45) is 2.09. The van der Waals surface area contributed by atoms with E-state index in [1.807, 2.05) is 47.4 Å². The van der Waals surface area contributed by atoms with Gasteiger partial charge >= 0.3 is 0 Å². The molecule has 24 heavy (non-hydrogen) atoms. The molecule has 124 valence electrons. The highest BCUT2D eigenvalue weighted by Gasteiger charge is 2.33. The summed E-state index contributed by atoms with van der Waals surface area (Å²) in [5.41, 5.74) is 2.86. The van der Waals surface area contributed by atoms with Crippen molar-refractivity contribution >= 4 is 11.5 Å². The van der Waals surface area contributed by atoms with E-state index in [0.717, 1.165) is 29.0 Å². The van der Waals surface area contributed by atoms with Crippen LogP contribution in [0.5, 0.6) is 5.75 Å². The van der Waals surface area contributed by atoms with E-state index >= 15 is 0 Å². The van der Waals surface area contributed by atoms with Crippen LogP contribution in [0.25, 0.3) is 5.57 Å². The quantitative estimate of drug-likeness (QED) is 0.821. The van der Waals surface area contributed by atoms with E-state index in [4.69, 9.17) is 4.74 Å². The molecule has 1 aliphatic rings. The number of carbonyl (C=O) groups excluding carboxylic acids is 1. The second-order valence-corrected chi connectivity index (χ2v) is 6.52. The summed E-state index contributed by atoms with van der Waals surface area (Å²) in [6.45, 7) is 5.02. The van der Waals surface area contributed by atoms with Gasteiger partial charge < -0.3 is 9.64 Å². The van der Waals surface area contributed by atoms with Crippen LogP contribution < -0.4 is 4.74 Å². The maximum Gasteiger partial charge on any atom is 0.254 e. The van der Waals surface area contributed by atoms with Crippen LogP contribution in [0.3, 0.4) is 0 Å². The van der Waals surface area contributed by atoms with E-state index in [1.54, 1.807) is 7.11 Å². The van der Waals surface area contributed by atoms with E-state index < -0.39 is 0 Å². The Hall–Kier alpha value is -2.55. The van der Waals surface area contributed by atoms with E-state index in [2.05, 4.69) is 32.1 Å². The molecule has 0 bridgehead atoms. The van der Waals surface area contributed by atoms with Gasteiger partial charge in [-0.3, -0.25) is 4.79 Å². The van der Waals surface area contributed by atoms with Gasteiger partial charge in [0.1, 0.15) is 5.75 Å². The molecule has 3 nitrogen and oxygen atoms in total. The van der Waals surface area contributed by atoms with Crippen LogP contribution in [0.2, 0.25) is 0 Å². The Labute approximate surface area is 143 Å². The molecule has 1 atom stereocenters. The van der Waals surface area contributed by atoms with Crippen LogP contribution in [-0.4, -0.2) is 24.5 Å². The Kier molecular flexibility index (Phi) is 4.70. The zero-order chi connectivity index (χ0) is 17.1. The molecule has 0 radical (unpaired) electrons. The fraction of sp³-hybridized carbons (Fsp3) is 0.286. The van der Waals surface area contributed by atoms with Crippen molar-refractivity contribution in [3.8, 4) is 5.75 Å². The Balaban J connectivity index is 1.97. The van der Waals surface area contributed by atoms with Crippen molar-refractivity contribution in [2.75, 3.05) is 13.7 Å². The van der Waals surface area contributed by atoms with Crippen molar-refractivity contribution in [2.24, 2.45) is 5.92 Å². The summed E-state index contributed by atoms with van der Waals surface area (Å²) in [6, 6.07) is 17.9. The highest BCUT2D eigenvalue weighted by molar-refractivity contribution is 6.21. The van der Waals surface area contributed by atoms with Gasteiger partial charge in [-0.05, 0) is 35.3 Å². The van der Waals surface area contributed by atoms with Crippen LogP contribution in [0.15, 0.2) is 60.7 Å². The number of benzene rings is 2. The van der Waals surface area contributed by atoms with Crippen molar-refractivity contribution in [1.29, 1.82) is 0 Å². The summed E-state index contributed by atoms with van der Waals surface area (Å²) in [4.78, 5) is 15.0. The first-order chi connectivity index (χ1) is 11.6. The standard InChI is InChI=1S/C21H23NO2/c1-15(2)14-22-20(17-7-5-4-6-8-17)13-19(21(22)23)16-9-11-18(24-3)12-10-16/h4-13,15,20H,14H2,1-3H3. The molecule has 1 unspecified atom stereocenters. The van der Waals surface area contributed by atoms with Gasteiger partial charge in [0.15, 0.2) is 0 Å². The molecule has 0 saturated heterocycles. The molecule has 0 aliphatic carbocycles. The normalized spacial score (nSPS) is 17.3. The number of ether oxygens (including phenoxy) is 1. The van der Waals surface area contributed by atoms with Gasteiger partial charge in [-0.25, -0.2) is 0 Å². The van der Waals surface area contributed by atoms with Crippen molar-refractivity contribution < 1.29 is 9.53 Å². The maximum atomic E-state index is 13.0. The first-order valence-corrected chi connectivity index (χ1v) is 8.32. The molecule has 0 fully saturated rings. The summed E-state index contributed by atoms with van der Waals surface area (Å²) in [5, 5.41) is 0. The number of rotatable bonds is 5. The third-order valence-electron chi connectivity index (χ3n) is 4.26. The molecule has 3 heteroatoms. The van der Waals surface area contributed by atoms with E-state index in [-0.39, 0.29) is 11.9 Å². The number of hydrogen-bond donors (Lipinski definition) is 0. The van der Waals surface area contributed by atoms with Crippen molar-refractivity contribution in [3.05, 3.63) is 71.8 Å². The van der Waals surface area contributed by atoms with E-state index in [0.29, 0.717) is 5.92 Å². The lowest BCUT2D eigenvalue weighted by atomic mass is 10.0. The van der Waals surface area contributed by atoms with Gasteiger partial charge in [0, 0.05) is 12.1 Å². The van der Waals surface area contributed by atoms with Crippen LogP contribution in [-0.2, 0) is 4.79 Å². The van der Waals surface area contributed by atoms with Crippen LogP contribution in [0.1, 0.15) is 31.0 Å². The molecule has 1 heterocycles. The predicted molar refractivity (Wildman–Crippen MR) is 96.7 cm³/mol. The third-order valence-corrected chi connectivity index (χ3v) is 4.26. The Morgan fingerprint density at radius 3 is 2.29 bits per heavy atom. The maximum absolute atomic E-state index is 13.0. The SMILES string of the molecule is COc1ccc(C2=CC(c3ccccc3)N(CC(C)C)C2=O)cc1. The van der Waals surface area contributed by atoms with E-state index in [9.17, 15) is 4.79 Å². The first kappa shape index (κ1) is 16.3. The Bertz CT molecular complexity index is 732. The van der Waals surface area contributed by atoms with Crippen LogP contribution in [0, 0.1) is 5.92 Å². The molecular weight excluding hydrogens is 298 g/mol. The number of amides is 1. The molecule has 0 N–H and O–H groups in total. The second kappa shape index (κ2) is 6.91. The summed E-state index contributed by atoms with van der Waals surface area (Å²) in [7, 11) is 1.64. The molecular formula is C21H23NO2. The van der Waals surface area contributed by atoms with E-state index in [1.165, 1.54) is 0 Å². The number of methoxy groups -OCH3 is 1. The molecule has 1 amide bonds. The Morgan fingerprint density at radius 2 is 1.71 bits per heavy atom. The molecule has 0 spiro atoms. The number of carbonyl (C=O) groups is 1. The van der Waals surface area contributed by atoms with Crippen molar-refractivity contribution in [3.63, 3.8) is 0 Å². The minimum atomic E-state index is -0.00167. The van der Waals surface area contributed by atoms with Gasteiger partial charge in [-0.1, -0.05) is 56.3 Å². The summed E-state index contributed by atoms with van der Waals surface area (Å²) < 4.78 is 5.21. The highest BCUT2D eigenvalue weighted by atomic mass is 16.5. The number of nitrogens with zero attached hydrogens (tertiary/aromatic N) is 1. The fourth-order valence-corrected chi connectivity index (χ4v) is 3.11. The topological polar surface area (TPSA) is 29.5 Å². The zero-order valence-corrected chi connectivity index (χ0v) is 14.4. The lowest BCUT2D eigenvalue weighted by molar-refractivity contribution is -0.125. The van der Waals surface area contributed by atoms with Gasteiger partial charge in [0.2, 0.25) is 0 Å². The van der Waals surface area contributed by atoms with Gasteiger partial charge in [-0.15, -0.1) is 0 Å². The predicted octanol–water partition coefficient (Wildman–Crippen LogP) is 4.32. The summed E-state index contributed by atoms with van der Waals surface area (Å²) >= 11 is 0. The molecule has 0 aromatic heterocycles. The zero-order valence-electron chi connectivity index (χ0n) is 14.4. The lowest BCUT2D eigenvalue weighted by Crippen LogP contribution is -2.32. The van der Waals surface area contributed by atoms with Crippen molar-refractivity contribution in [2.45, 2.75) is 19.9 Å². The lowest BCUT2D eigenvalue weighted by Gasteiger charge is -2.27. The van der Waals surface area contributed by atoms with Crippen molar-refractivity contribution in [1.82, 2.24) is 4.90 Å². The van der Waals surface area contributed by atoms with Gasteiger partial charge in [0.05, 0.1) is 13.2 Å². The third kappa shape index (κ3) is 3.21. The molecule has 1 aliphatic heterocycles. The molecule has 0 saturated carbocycles. The van der Waals surface area contributed by atoms with Crippen LogP contribution in [0.4, 0.5) is 0 Å². The monoisotopic (exact) mass is 321 g/mol. The first-order valence-electron chi connectivity index (χ1n) is 8.32. The largest absolute Gasteiger partial charge is 0.497 e. The average molecular weight is 321 g/mol. The summed E-state index contributed by atoms with van der Waals surface area (Å²) in [5.74, 6) is 1.31. The van der Waals surface area contributed by atoms with Gasteiger partial charge in [0.25, 0.3) is 5.91 Å². The fourth-order valence-electron chi connectivity index (χ4n) is 3.11. The highest BCUT2D eigenvalue weighted by Crippen LogP contribution is 2.36. The second-order valence-electron chi connectivity index (χ2n) is 6.52. The molecule has 2 aromatic carbocycles. The Morgan fingerprint density at radius 1 is 1.04 bits per heavy atom. The molecule has 2 aromatic rings. The average Bonchev–Trinajstić information content (AvgIpc) is 2.92. The smallest absolute Gasteiger partial charge is 0.254 e. The minimum Gasteiger partial charge on any atom is -0.497 e. The number of hydrogen-bond acceptors (Lipinski definition) is 2. The molecule has 3 rings (SSSR count).